The molecule has 2 aromatic carbocycles. The molecule has 146 valence electrons. The molecule has 1 aromatic heterocycles. The fourth-order valence-corrected chi connectivity index (χ4v) is 5.58. The van der Waals surface area contributed by atoms with E-state index in [1.807, 2.05) is 4.90 Å². The molecule has 0 spiro atoms. The summed E-state index contributed by atoms with van der Waals surface area (Å²) in [5, 5.41) is 1.74. The van der Waals surface area contributed by atoms with E-state index < -0.39 is 9.84 Å². The lowest BCUT2D eigenvalue weighted by atomic mass is 10.1. The highest BCUT2D eigenvalue weighted by Gasteiger charge is 2.28. The monoisotopic (exact) mass is 456 g/mol. The summed E-state index contributed by atoms with van der Waals surface area (Å²) < 4.78 is 32.4. The average Bonchev–Trinajstić information content (AvgIpc) is 2.66. The highest BCUT2D eigenvalue weighted by Crippen LogP contribution is 2.38. The minimum Gasteiger partial charge on any atom is -0.378 e. The van der Waals surface area contributed by atoms with E-state index in [9.17, 15) is 8.42 Å². The zero-order valence-corrected chi connectivity index (χ0v) is 17.6. The van der Waals surface area contributed by atoms with Crippen molar-refractivity contribution in [2.24, 2.45) is 0 Å². The van der Waals surface area contributed by atoms with Crippen LogP contribution in [0.2, 0.25) is 15.1 Å². The fourth-order valence-electron chi connectivity index (χ4n) is 3.25. The first kappa shape index (κ1) is 19.7. The molecular formula is C19H15Cl3N2O3S. The van der Waals surface area contributed by atoms with Gasteiger partial charge in [-0.05, 0) is 36.4 Å². The summed E-state index contributed by atoms with van der Waals surface area (Å²) in [6.07, 6.45) is 1.37. The third-order valence-electron chi connectivity index (χ3n) is 4.53. The van der Waals surface area contributed by atoms with Gasteiger partial charge in [-0.1, -0.05) is 34.8 Å². The first-order valence-corrected chi connectivity index (χ1v) is 11.1. The van der Waals surface area contributed by atoms with E-state index in [0.717, 1.165) is 0 Å². The fraction of sp³-hybridized carbons (Fsp3) is 0.211. The van der Waals surface area contributed by atoms with Gasteiger partial charge in [0, 0.05) is 39.7 Å². The Hall–Kier alpha value is -1.57. The van der Waals surface area contributed by atoms with Gasteiger partial charge in [0.1, 0.15) is 4.90 Å². The summed E-state index contributed by atoms with van der Waals surface area (Å²) in [6, 6.07) is 9.50. The molecule has 9 heteroatoms. The Morgan fingerprint density at radius 2 is 1.61 bits per heavy atom. The van der Waals surface area contributed by atoms with Gasteiger partial charge >= 0.3 is 0 Å². The molecule has 0 atom stereocenters. The summed E-state index contributed by atoms with van der Waals surface area (Å²) in [6.45, 7) is 2.17. The van der Waals surface area contributed by atoms with Crippen molar-refractivity contribution in [3.05, 3.63) is 57.7 Å². The molecule has 0 unspecified atom stereocenters. The first-order chi connectivity index (χ1) is 13.4. The van der Waals surface area contributed by atoms with Crippen LogP contribution in [0.15, 0.2) is 52.4 Å². The summed E-state index contributed by atoms with van der Waals surface area (Å²) in [5.74, 6) is 0. The van der Waals surface area contributed by atoms with E-state index in [4.69, 9.17) is 39.5 Å². The van der Waals surface area contributed by atoms with Crippen LogP contribution >= 0.6 is 34.8 Å². The van der Waals surface area contributed by atoms with Gasteiger partial charge in [0.2, 0.25) is 9.84 Å². The molecule has 0 aliphatic carbocycles. The molecule has 0 amide bonds. The molecular weight excluding hydrogens is 443 g/mol. The standard InChI is InChI=1S/C19H15Cl3N2O3S/c20-12-1-2-16-17(10-12)23-11-18(19(16)24-3-5-27-6-4-24)28(25,26)15-8-13(21)7-14(22)9-15/h1-2,7-11H,3-6H2. The van der Waals surface area contributed by atoms with Gasteiger partial charge in [0.05, 0.1) is 29.3 Å². The number of fused-ring (bicyclic) bond motifs is 1. The van der Waals surface area contributed by atoms with Gasteiger partial charge in [-0.3, -0.25) is 4.98 Å². The lowest BCUT2D eigenvalue weighted by molar-refractivity contribution is 0.122. The van der Waals surface area contributed by atoms with Crippen LogP contribution in [0.4, 0.5) is 5.69 Å². The lowest BCUT2D eigenvalue weighted by Gasteiger charge is -2.31. The van der Waals surface area contributed by atoms with E-state index in [1.54, 1.807) is 18.2 Å². The second-order valence-electron chi connectivity index (χ2n) is 6.34. The minimum absolute atomic E-state index is 0.0228. The summed E-state index contributed by atoms with van der Waals surface area (Å²) in [4.78, 5) is 6.47. The number of morpholine rings is 1. The maximum Gasteiger partial charge on any atom is 0.210 e. The van der Waals surface area contributed by atoms with Crippen LogP contribution in [0.25, 0.3) is 10.9 Å². The Morgan fingerprint density at radius 1 is 0.929 bits per heavy atom. The molecule has 0 N–H and O–H groups in total. The van der Waals surface area contributed by atoms with Crippen LogP contribution in [0.1, 0.15) is 0 Å². The van der Waals surface area contributed by atoms with Crippen molar-refractivity contribution in [2.45, 2.75) is 9.79 Å². The number of aromatic nitrogens is 1. The van der Waals surface area contributed by atoms with Crippen molar-refractivity contribution < 1.29 is 13.2 Å². The van der Waals surface area contributed by atoms with Crippen molar-refractivity contribution in [2.75, 3.05) is 31.2 Å². The number of rotatable bonds is 3. The number of nitrogens with zero attached hydrogens (tertiary/aromatic N) is 2. The van der Waals surface area contributed by atoms with Crippen molar-refractivity contribution in [1.29, 1.82) is 0 Å². The topological polar surface area (TPSA) is 59.5 Å². The van der Waals surface area contributed by atoms with Crippen molar-refractivity contribution in [3.63, 3.8) is 0 Å². The summed E-state index contributed by atoms with van der Waals surface area (Å²) >= 11 is 18.2. The van der Waals surface area contributed by atoms with Crippen LogP contribution < -0.4 is 4.90 Å². The normalized spacial score (nSPS) is 15.2. The van der Waals surface area contributed by atoms with Gasteiger partial charge in [0.15, 0.2) is 0 Å². The Labute approximate surface area is 177 Å². The average molecular weight is 458 g/mol. The first-order valence-electron chi connectivity index (χ1n) is 8.48. The largest absolute Gasteiger partial charge is 0.378 e. The van der Waals surface area contributed by atoms with Crippen LogP contribution in [0, 0.1) is 0 Å². The number of hydrogen-bond acceptors (Lipinski definition) is 5. The Balaban J connectivity index is 1.98. The van der Waals surface area contributed by atoms with Gasteiger partial charge in [-0.25, -0.2) is 8.42 Å². The van der Waals surface area contributed by atoms with E-state index in [-0.39, 0.29) is 19.8 Å². The van der Waals surface area contributed by atoms with Crippen molar-refractivity contribution >= 4 is 61.2 Å². The zero-order valence-electron chi connectivity index (χ0n) is 14.5. The van der Waals surface area contributed by atoms with Crippen molar-refractivity contribution in [1.82, 2.24) is 4.98 Å². The minimum atomic E-state index is -3.91. The van der Waals surface area contributed by atoms with Gasteiger partial charge in [-0.15, -0.1) is 0 Å². The molecule has 5 nitrogen and oxygen atoms in total. The van der Waals surface area contributed by atoms with Crippen LogP contribution in [0.5, 0.6) is 0 Å². The highest BCUT2D eigenvalue weighted by atomic mass is 35.5. The molecule has 4 rings (SSSR count). The molecule has 1 fully saturated rings. The maximum absolute atomic E-state index is 13.5. The van der Waals surface area contributed by atoms with Crippen molar-refractivity contribution in [3.8, 4) is 0 Å². The second kappa shape index (κ2) is 7.69. The maximum atomic E-state index is 13.5. The number of anilines is 1. The number of sulfone groups is 1. The molecule has 1 aliphatic rings. The predicted molar refractivity (Wildman–Crippen MR) is 112 cm³/mol. The zero-order chi connectivity index (χ0) is 19.9. The van der Waals surface area contributed by atoms with Gasteiger partial charge < -0.3 is 9.64 Å². The van der Waals surface area contributed by atoms with Crippen LogP contribution in [0.3, 0.4) is 0 Å². The smallest absolute Gasteiger partial charge is 0.210 e. The van der Waals surface area contributed by atoms with E-state index in [1.165, 1.54) is 24.4 Å². The Morgan fingerprint density at radius 3 is 2.29 bits per heavy atom. The summed E-state index contributed by atoms with van der Waals surface area (Å²) in [7, 11) is -3.91. The third-order valence-corrected chi connectivity index (χ3v) is 6.94. The number of halogens is 3. The van der Waals surface area contributed by atoms with Crippen LogP contribution in [-0.2, 0) is 14.6 Å². The molecule has 28 heavy (non-hydrogen) atoms. The predicted octanol–water partition coefficient (Wildman–Crippen LogP) is 4.86. The Bertz CT molecular complexity index is 1140. The molecule has 2 heterocycles. The highest BCUT2D eigenvalue weighted by molar-refractivity contribution is 7.91. The Kier molecular flexibility index (Phi) is 5.42. The molecule has 1 saturated heterocycles. The molecule has 3 aromatic rings. The second-order valence-corrected chi connectivity index (χ2v) is 9.57. The molecule has 0 saturated carbocycles. The van der Waals surface area contributed by atoms with Gasteiger partial charge in [-0.2, -0.15) is 0 Å². The number of pyridine rings is 1. The number of ether oxygens (including phenoxy) is 1. The SMILES string of the molecule is O=S(=O)(c1cc(Cl)cc(Cl)c1)c1cnc2cc(Cl)ccc2c1N1CCOCC1. The lowest BCUT2D eigenvalue weighted by Crippen LogP contribution is -2.37. The molecule has 1 aliphatic heterocycles. The van der Waals surface area contributed by atoms with Gasteiger partial charge in [0.25, 0.3) is 0 Å². The molecule has 0 radical (unpaired) electrons. The third kappa shape index (κ3) is 3.67. The number of hydrogen-bond donors (Lipinski definition) is 0. The van der Waals surface area contributed by atoms with E-state index >= 15 is 0 Å². The summed E-state index contributed by atoms with van der Waals surface area (Å²) in [5.41, 5.74) is 1.21. The van der Waals surface area contributed by atoms with E-state index in [2.05, 4.69) is 4.98 Å². The quantitative estimate of drug-likeness (QED) is 0.562. The van der Waals surface area contributed by atoms with E-state index in [0.29, 0.717) is 47.9 Å². The number of benzene rings is 2. The van der Waals surface area contributed by atoms with Crippen LogP contribution in [-0.4, -0.2) is 39.7 Å². The molecule has 0 bridgehead atoms.